The Hall–Kier alpha value is -2.24. The Morgan fingerprint density at radius 1 is 1.00 bits per heavy atom. The van der Waals surface area contributed by atoms with E-state index in [1.54, 1.807) is 0 Å². The largest absolute Gasteiger partial charge is 0.338 e. The van der Waals surface area contributed by atoms with E-state index in [9.17, 15) is 4.79 Å². The molecule has 1 aliphatic rings. The molecular formula is C21H28N4O. The molecule has 0 bridgehead atoms. The third kappa shape index (κ3) is 5.38. The van der Waals surface area contributed by atoms with Crippen molar-refractivity contribution in [1.82, 2.24) is 19.7 Å². The van der Waals surface area contributed by atoms with Crippen LogP contribution in [0, 0.1) is 0 Å². The van der Waals surface area contributed by atoms with E-state index in [0.29, 0.717) is 13.1 Å². The summed E-state index contributed by atoms with van der Waals surface area (Å²) in [5.41, 5.74) is 2.29. The summed E-state index contributed by atoms with van der Waals surface area (Å²) in [7, 11) is 0. The van der Waals surface area contributed by atoms with Crippen LogP contribution in [0.1, 0.15) is 18.2 Å². The number of pyridine rings is 1. The minimum absolute atomic E-state index is 0.217. The third-order valence-electron chi connectivity index (χ3n) is 4.89. The maximum absolute atomic E-state index is 12.7. The number of hydrogen-bond donors (Lipinski definition) is 0. The minimum Gasteiger partial charge on any atom is -0.338 e. The van der Waals surface area contributed by atoms with Gasteiger partial charge in [-0.25, -0.2) is 0 Å². The number of piperazine rings is 1. The lowest BCUT2D eigenvalue weighted by atomic mass is 10.2. The Kier molecular flexibility index (Phi) is 6.75. The molecule has 0 radical (unpaired) electrons. The number of rotatable bonds is 7. The first kappa shape index (κ1) is 18.5. The number of likely N-dealkylation sites (N-methyl/N-ethyl adjacent to an activating group) is 1. The standard InChI is InChI=1S/C21H28N4O/c1-2-25(16-19-8-4-3-5-9-19)21(26)18-24-14-12-23(13-15-24)17-20-10-6-7-11-22-20/h3-11H,2,12-18H2,1H3. The van der Waals surface area contributed by atoms with Crippen LogP contribution in [0.4, 0.5) is 0 Å². The third-order valence-corrected chi connectivity index (χ3v) is 4.89. The van der Waals surface area contributed by atoms with Crippen molar-refractivity contribution in [2.75, 3.05) is 39.3 Å². The molecule has 26 heavy (non-hydrogen) atoms. The Labute approximate surface area is 156 Å². The number of amides is 1. The highest BCUT2D eigenvalue weighted by atomic mass is 16.2. The molecule has 2 aromatic rings. The molecule has 0 saturated carbocycles. The number of aromatic nitrogens is 1. The first-order chi connectivity index (χ1) is 12.7. The van der Waals surface area contributed by atoms with Crippen molar-refractivity contribution in [3.05, 3.63) is 66.0 Å². The topological polar surface area (TPSA) is 39.7 Å². The van der Waals surface area contributed by atoms with E-state index in [-0.39, 0.29) is 5.91 Å². The predicted molar refractivity (Wildman–Crippen MR) is 103 cm³/mol. The molecule has 3 rings (SSSR count). The maximum atomic E-state index is 12.7. The van der Waals surface area contributed by atoms with Crippen LogP contribution in [0.15, 0.2) is 54.7 Å². The van der Waals surface area contributed by atoms with Crippen LogP contribution in [-0.2, 0) is 17.9 Å². The van der Waals surface area contributed by atoms with Crippen molar-refractivity contribution in [3.8, 4) is 0 Å². The summed E-state index contributed by atoms with van der Waals surface area (Å²) in [4.78, 5) is 23.7. The van der Waals surface area contributed by atoms with E-state index in [2.05, 4.69) is 33.0 Å². The zero-order chi connectivity index (χ0) is 18.2. The number of hydrogen-bond acceptors (Lipinski definition) is 4. The molecule has 2 heterocycles. The molecular weight excluding hydrogens is 324 g/mol. The van der Waals surface area contributed by atoms with Crippen LogP contribution in [0.5, 0.6) is 0 Å². The Bertz CT molecular complexity index is 669. The number of carbonyl (C=O) groups is 1. The lowest BCUT2D eigenvalue weighted by Gasteiger charge is -2.35. The molecule has 0 unspecified atom stereocenters. The van der Waals surface area contributed by atoms with E-state index < -0.39 is 0 Å². The van der Waals surface area contributed by atoms with Gasteiger partial charge in [0.25, 0.3) is 0 Å². The zero-order valence-corrected chi connectivity index (χ0v) is 15.6. The first-order valence-corrected chi connectivity index (χ1v) is 9.41. The molecule has 1 fully saturated rings. The molecule has 1 aromatic heterocycles. The molecule has 138 valence electrons. The zero-order valence-electron chi connectivity index (χ0n) is 15.6. The van der Waals surface area contributed by atoms with Crippen LogP contribution in [0.3, 0.4) is 0 Å². The fourth-order valence-electron chi connectivity index (χ4n) is 3.30. The summed E-state index contributed by atoms with van der Waals surface area (Å²) >= 11 is 0. The molecule has 5 nitrogen and oxygen atoms in total. The Morgan fingerprint density at radius 3 is 2.35 bits per heavy atom. The fraction of sp³-hybridized carbons (Fsp3) is 0.429. The van der Waals surface area contributed by atoms with Gasteiger partial charge in [-0.1, -0.05) is 36.4 Å². The minimum atomic E-state index is 0.217. The van der Waals surface area contributed by atoms with Crippen LogP contribution >= 0.6 is 0 Å². The average Bonchev–Trinajstić information content (AvgIpc) is 2.69. The molecule has 0 atom stereocenters. The summed E-state index contributed by atoms with van der Waals surface area (Å²) in [6, 6.07) is 16.2. The molecule has 1 saturated heterocycles. The van der Waals surface area contributed by atoms with Crippen LogP contribution in [-0.4, -0.2) is 64.9 Å². The Balaban J connectivity index is 1.45. The summed E-state index contributed by atoms with van der Waals surface area (Å²) < 4.78 is 0. The average molecular weight is 352 g/mol. The van der Waals surface area contributed by atoms with E-state index in [1.807, 2.05) is 48.4 Å². The Morgan fingerprint density at radius 2 is 1.69 bits per heavy atom. The monoisotopic (exact) mass is 352 g/mol. The number of carbonyl (C=O) groups excluding carboxylic acids is 1. The van der Waals surface area contributed by atoms with E-state index in [1.165, 1.54) is 5.56 Å². The molecule has 0 N–H and O–H groups in total. The van der Waals surface area contributed by atoms with Crippen LogP contribution in [0.25, 0.3) is 0 Å². The normalized spacial score (nSPS) is 15.7. The smallest absolute Gasteiger partial charge is 0.237 e. The van der Waals surface area contributed by atoms with Gasteiger partial charge in [0.2, 0.25) is 5.91 Å². The van der Waals surface area contributed by atoms with Crippen molar-refractivity contribution in [3.63, 3.8) is 0 Å². The van der Waals surface area contributed by atoms with Crippen molar-refractivity contribution in [2.45, 2.75) is 20.0 Å². The molecule has 1 aromatic carbocycles. The van der Waals surface area contributed by atoms with Gasteiger partial charge in [0, 0.05) is 52.0 Å². The van der Waals surface area contributed by atoms with Crippen molar-refractivity contribution in [1.29, 1.82) is 0 Å². The second kappa shape index (κ2) is 9.46. The summed E-state index contributed by atoms with van der Waals surface area (Å²) in [6.45, 7) is 8.71. The highest BCUT2D eigenvalue weighted by Gasteiger charge is 2.21. The van der Waals surface area contributed by atoms with Gasteiger partial charge in [-0.2, -0.15) is 0 Å². The van der Waals surface area contributed by atoms with Gasteiger partial charge in [0.05, 0.1) is 12.2 Å². The predicted octanol–water partition coefficient (Wildman–Crippen LogP) is 2.25. The molecule has 1 aliphatic heterocycles. The van der Waals surface area contributed by atoms with E-state index in [0.717, 1.165) is 45.0 Å². The van der Waals surface area contributed by atoms with Gasteiger partial charge in [0.1, 0.15) is 0 Å². The molecule has 0 aliphatic carbocycles. The van der Waals surface area contributed by atoms with E-state index >= 15 is 0 Å². The van der Waals surface area contributed by atoms with Gasteiger partial charge in [-0.3, -0.25) is 19.6 Å². The number of benzene rings is 1. The van der Waals surface area contributed by atoms with Gasteiger partial charge in [-0.15, -0.1) is 0 Å². The fourth-order valence-corrected chi connectivity index (χ4v) is 3.30. The quantitative estimate of drug-likeness (QED) is 0.766. The second-order valence-electron chi connectivity index (χ2n) is 6.77. The van der Waals surface area contributed by atoms with Gasteiger partial charge >= 0.3 is 0 Å². The van der Waals surface area contributed by atoms with Gasteiger partial charge in [0.15, 0.2) is 0 Å². The SMILES string of the molecule is CCN(Cc1ccccc1)C(=O)CN1CCN(Cc2ccccn2)CC1. The summed E-state index contributed by atoms with van der Waals surface area (Å²) in [6.07, 6.45) is 1.84. The molecule has 1 amide bonds. The highest BCUT2D eigenvalue weighted by molar-refractivity contribution is 5.78. The summed E-state index contributed by atoms with van der Waals surface area (Å²) in [5, 5.41) is 0. The second-order valence-corrected chi connectivity index (χ2v) is 6.77. The van der Waals surface area contributed by atoms with Gasteiger partial charge < -0.3 is 4.90 Å². The molecule has 5 heteroatoms. The summed E-state index contributed by atoms with van der Waals surface area (Å²) in [5.74, 6) is 0.217. The van der Waals surface area contributed by atoms with Crippen LogP contribution < -0.4 is 0 Å². The van der Waals surface area contributed by atoms with Crippen molar-refractivity contribution < 1.29 is 4.79 Å². The highest BCUT2D eigenvalue weighted by Crippen LogP contribution is 2.09. The van der Waals surface area contributed by atoms with Crippen molar-refractivity contribution >= 4 is 5.91 Å². The van der Waals surface area contributed by atoms with E-state index in [4.69, 9.17) is 0 Å². The number of nitrogens with zero attached hydrogens (tertiary/aromatic N) is 4. The lowest BCUT2D eigenvalue weighted by Crippen LogP contribution is -2.49. The lowest BCUT2D eigenvalue weighted by molar-refractivity contribution is -0.133. The van der Waals surface area contributed by atoms with Crippen molar-refractivity contribution in [2.24, 2.45) is 0 Å². The molecule has 0 spiro atoms. The first-order valence-electron chi connectivity index (χ1n) is 9.41. The maximum Gasteiger partial charge on any atom is 0.237 e. The van der Waals surface area contributed by atoms with Crippen LogP contribution in [0.2, 0.25) is 0 Å². The van der Waals surface area contributed by atoms with Gasteiger partial charge in [-0.05, 0) is 24.6 Å².